The molecule has 0 aliphatic heterocycles. The smallest absolute Gasteiger partial charge is 0.262 e. The fourth-order valence-corrected chi connectivity index (χ4v) is 3.81. The number of para-hydroxylation sites is 1. The van der Waals surface area contributed by atoms with Crippen molar-refractivity contribution in [3.05, 3.63) is 41.6 Å². The molecule has 0 unspecified atom stereocenters. The molecule has 2 amide bonds. The minimum absolute atomic E-state index is 0.0776. The predicted octanol–water partition coefficient (Wildman–Crippen LogP) is 2.76. The Balaban J connectivity index is 1.78. The molecule has 3 rings (SSSR count). The molecule has 158 valence electrons. The standard InChI is InChI=1S/C23H28N4O3/c1-30-12-6-11-25-22(28)16-27-15-18(20-9-4-5-10-21(20)27)13-17(14-24)23(29)26-19-7-2-3-8-19/h4-5,9-10,13,15,19H,2-3,6-8,11-12,16H2,1H3,(H,25,28)(H,26,29). The Morgan fingerprint density at radius 3 is 2.80 bits per heavy atom. The number of hydrogen-bond acceptors (Lipinski definition) is 4. The highest BCUT2D eigenvalue weighted by atomic mass is 16.5. The van der Waals surface area contributed by atoms with Crippen molar-refractivity contribution in [3.8, 4) is 6.07 Å². The maximum absolute atomic E-state index is 12.5. The van der Waals surface area contributed by atoms with Gasteiger partial charge in [-0.1, -0.05) is 31.0 Å². The first-order chi connectivity index (χ1) is 14.6. The Morgan fingerprint density at radius 2 is 2.07 bits per heavy atom. The first-order valence-corrected chi connectivity index (χ1v) is 10.4. The molecule has 1 heterocycles. The molecule has 1 aliphatic carbocycles. The van der Waals surface area contributed by atoms with Crippen LogP contribution >= 0.6 is 0 Å². The van der Waals surface area contributed by atoms with Gasteiger partial charge in [0.25, 0.3) is 5.91 Å². The number of benzene rings is 1. The summed E-state index contributed by atoms with van der Waals surface area (Å²) in [4.78, 5) is 24.8. The molecule has 1 fully saturated rings. The maximum Gasteiger partial charge on any atom is 0.262 e. The molecule has 1 aromatic heterocycles. The number of methoxy groups -OCH3 is 1. The molecule has 0 bridgehead atoms. The van der Waals surface area contributed by atoms with E-state index in [1.54, 1.807) is 13.2 Å². The number of aromatic nitrogens is 1. The van der Waals surface area contributed by atoms with E-state index in [-0.39, 0.29) is 30.0 Å². The quantitative estimate of drug-likeness (QED) is 0.379. The summed E-state index contributed by atoms with van der Waals surface area (Å²) in [6.07, 6.45) is 8.32. The lowest BCUT2D eigenvalue weighted by Gasteiger charge is -2.10. The first-order valence-electron chi connectivity index (χ1n) is 10.4. The normalized spacial score (nSPS) is 14.6. The number of amides is 2. The summed E-state index contributed by atoms with van der Waals surface area (Å²) in [6, 6.07) is 9.84. The van der Waals surface area contributed by atoms with Crippen LogP contribution in [0.3, 0.4) is 0 Å². The first kappa shape index (κ1) is 21.6. The van der Waals surface area contributed by atoms with Crippen molar-refractivity contribution in [2.45, 2.75) is 44.7 Å². The van der Waals surface area contributed by atoms with E-state index < -0.39 is 0 Å². The molecule has 1 aromatic carbocycles. The molecule has 30 heavy (non-hydrogen) atoms. The third-order valence-corrected chi connectivity index (χ3v) is 5.34. The summed E-state index contributed by atoms with van der Waals surface area (Å²) in [5.74, 6) is -0.431. The van der Waals surface area contributed by atoms with Crippen molar-refractivity contribution in [2.24, 2.45) is 0 Å². The molecule has 0 radical (unpaired) electrons. The van der Waals surface area contributed by atoms with Gasteiger partial charge in [-0.25, -0.2) is 0 Å². The van der Waals surface area contributed by atoms with E-state index in [9.17, 15) is 14.9 Å². The van der Waals surface area contributed by atoms with Crippen molar-refractivity contribution in [3.63, 3.8) is 0 Å². The number of nitrogens with one attached hydrogen (secondary N) is 2. The second kappa shape index (κ2) is 10.6. The molecule has 0 spiro atoms. The third kappa shape index (κ3) is 5.49. The van der Waals surface area contributed by atoms with E-state index in [2.05, 4.69) is 10.6 Å². The van der Waals surface area contributed by atoms with Crippen molar-refractivity contribution in [2.75, 3.05) is 20.3 Å². The van der Waals surface area contributed by atoms with Crippen LogP contribution in [0, 0.1) is 11.3 Å². The Hall–Kier alpha value is -3.11. The molecule has 0 atom stereocenters. The number of carbonyl (C=O) groups excluding carboxylic acids is 2. The Labute approximate surface area is 176 Å². The average Bonchev–Trinajstić information content (AvgIpc) is 3.38. The minimum atomic E-state index is -0.336. The molecule has 2 aromatic rings. The number of nitrogens with zero attached hydrogens (tertiary/aromatic N) is 2. The van der Waals surface area contributed by atoms with E-state index in [1.165, 1.54) is 0 Å². The number of carbonyl (C=O) groups is 2. The Bertz CT molecular complexity index is 964. The highest BCUT2D eigenvalue weighted by molar-refractivity contribution is 6.04. The fourth-order valence-electron chi connectivity index (χ4n) is 3.81. The summed E-state index contributed by atoms with van der Waals surface area (Å²) in [7, 11) is 1.63. The van der Waals surface area contributed by atoms with Gasteiger partial charge in [-0.05, 0) is 31.4 Å². The second-order valence-corrected chi connectivity index (χ2v) is 7.55. The van der Waals surface area contributed by atoms with Crippen LogP contribution in [0.25, 0.3) is 17.0 Å². The van der Waals surface area contributed by atoms with Gasteiger partial charge in [-0.15, -0.1) is 0 Å². The van der Waals surface area contributed by atoms with E-state index in [0.717, 1.165) is 48.6 Å². The summed E-state index contributed by atoms with van der Waals surface area (Å²) >= 11 is 0. The van der Waals surface area contributed by atoms with Gasteiger partial charge < -0.3 is 19.9 Å². The summed E-state index contributed by atoms with van der Waals surface area (Å²) in [5, 5.41) is 16.3. The summed E-state index contributed by atoms with van der Waals surface area (Å²) in [6.45, 7) is 1.32. The topological polar surface area (TPSA) is 96.2 Å². The average molecular weight is 409 g/mol. The van der Waals surface area contributed by atoms with E-state index in [1.807, 2.05) is 41.1 Å². The molecular formula is C23H28N4O3. The van der Waals surface area contributed by atoms with Crippen LogP contribution in [0.5, 0.6) is 0 Å². The summed E-state index contributed by atoms with van der Waals surface area (Å²) < 4.78 is 6.83. The van der Waals surface area contributed by atoms with Crippen molar-refractivity contribution in [1.29, 1.82) is 5.26 Å². The molecule has 7 nitrogen and oxygen atoms in total. The predicted molar refractivity (Wildman–Crippen MR) is 115 cm³/mol. The molecule has 2 N–H and O–H groups in total. The van der Waals surface area contributed by atoms with Crippen LogP contribution in [-0.2, 0) is 20.9 Å². The molecule has 7 heteroatoms. The van der Waals surface area contributed by atoms with Gasteiger partial charge in [-0.3, -0.25) is 9.59 Å². The number of fused-ring (bicyclic) bond motifs is 1. The second-order valence-electron chi connectivity index (χ2n) is 7.55. The van der Waals surface area contributed by atoms with Crippen LogP contribution in [0.15, 0.2) is 36.0 Å². The molecule has 1 saturated carbocycles. The van der Waals surface area contributed by atoms with Gasteiger partial charge in [0.05, 0.1) is 0 Å². The highest BCUT2D eigenvalue weighted by Gasteiger charge is 2.20. The SMILES string of the molecule is COCCCNC(=O)Cn1cc(C=C(C#N)C(=O)NC2CCCC2)c2ccccc21. The highest BCUT2D eigenvalue weighted by Crippen LogP contribution is 2.24. The number of hydrogen-bond donors (Lipinski definition) is 2. The van der Waals surface area contributed by atoms with Crippen molar-refractivity contribution >= 4 is 28.8 Å². The minimum Gasteiger partial charge on any atom is -0.385 e. The van der Waals surface area contributed by atoms with Crippen LogP contribution in [0.1, 0.15) is 37.7 Å². The van der Waals surface area contributed by atoms with Crippen LogP contribution in [0.4, 0.5) is 0 Å². The number of nitriles is 1. The summed E-state index contributed by atoms with van der Waals surface area (Å²) in [5.41, 5.74) is 1.70. The molecular weight excluding hydrogens is 380 g/mol. The van der Waals surface area contributed by atoms with E-state index in [0.29, 0.717) is 13.2 Å². The van der Waals surface area contributed by atoms with E-state index in [4.69, 9.17) is 4.74 Å². The van der Waals surface area contributed by atoms with Gasteiger partial charge in [0.15, 0.2) is 0 Å². The zero-order valence-corrected chi connectivity index (χ0v) is 17.3. The van der Waals surface area contributed by atoms with Crippen LogP contribution < -0.4 is 10.6 Å². The maximum atomic E-state index is 12.5. The van der Waals surface area contributed by atoms with Gasteiger partial charge in [0.1, 0.15) is 18.2 Å². The van der Waals surface area contributed by atoms with Gasteiger partial charge in [0, 0.05) is 49.0 Å². The fraction of sp³-hybridized carbons (Fsp3) is 0.435. The third-order valence-electron chi connectivity index (χ3n) is 5.34. The lowest BCUT2D eigenvalue weighted by Crippen LogP contribution is -2.33. The van der Waals surface area contributed by atoms with Crippen LogP contribution in [-0.4, -0.2) is 42.7 Å². The molecule has 1 aliphatic rings. The number of rotatable bonds is 9. The monoisotopic (exact) mass is 408 g/mol. The van der Waals surface area contributed by atoms with Gasteiger partial charge >= 0.3 is 0 Å². The van der Waals surface area contributed by atoms with Crippen molar-refractivity contribution in [1.82, 2.24) is 15.2 Å². The van der Waals surface area contributed by atoms with Gasteiger partial charge in [0.2, 0.25) is 5.91 Å². The lowest BCUT2D eigenvalue weighted by atomic mass is 10.1. The zero-order valence-electron chi connectivity index (χ0n) is 17.3. The number of ether oxygens (including phenoxy) is 1. The lowest BCUT2D eigenvalue weighted by molar-refractivity contribution is -0.121. The largest absolute Gasteiger partial charge is 0.385 e. The Kier molecular flexibility index (Phi) is 7.63. The molecule has 0 saturated heterocycles. The van der Waals surface area contributed by atoms with Gasteiger partial charge in [-0.2, -0.15) is 5.26 Å². The Morgan fingerprint density at radius 1 is 1.30 bits per heavy atom. The zero-order chi connectivity index (χ0) is 21.3. The van der Waals surface area contributed by atoms with Crippen LogP contribution in [0.2, 0.25) is 0 Å². The van der Waals surface area contributed by atoms with E-state index >= 15 is 0 Å². The van der Waals surface area contributed by atoms with Crippen molar-refractivity contribution < 1.29 is 14.3 Å².